The normalized spacial score (nSPS) is 17.0. The Hall–Kier alpha value is -1.17. The average molecular weight is 268 g/mol. The van der Waals surface area contributed by atoms with Crippen LogP contribution in [0.25, 0.3) is 0 Å². The standard InChI is InChI=1S/C12H20N4OS/c1-13-11(17)8-16-7-10(6-15-16)14-9-12(18-2)4-3-5-12/h6-7,14H,3-5,8-9H2,1-2H3,(H,13,17). The predicted molar refractivity (Wildman–Crippen MR) is 74.9 cm³/mol. The van der Waals surface area contributed by atoms with Crippen LogP contribution >= 0.6 is 11.8 Å². The third-order valence-corrected chi connectivity index (χ3v) is 4.95. The maximum Gasteiger partial charge on any atom is 0.241 e. The van der Waals surface area contributed by atoms with Gasteiger partial charge in [-0.3, -0.25) is 9.48 Å². The van der Waals surface area contributed by atoms with Gasteiger partial charge in [-0.05, 0) is 19.1 Å². The van der Waals surface area contributed by atoms with Gasteiger partial charge in [0.1, 0.15) is 6.54 Å². The maximum atomic E-state index is 11.2. The van der Waals surface area contributed by atoms with Crippen LogP contribution in [0.15, 0.2) is 12.4 Å². The van der Waals surface area contributed by atoms with Crippen LogP contribution in [-0.2, 0) is 11.3 Å². The molecule has 0 atom stereocenters. The third kappa shape index (κ3) is 2.98. The van der Waals surface area contributed by atoms with Crippen LogP contribution in [0.3, 0.4) is 0 Å². The summed E-state index contributed by atoms with van der Waals surface area (Å²) in [4.78, 5) is 11.2. The Balaban J connectivity index is 1.85. The summed E-state index contributed by atoms with van der Waals surface area (Å²) < 4.78 is 2.05. The first kappa shape index (κ1) is 13.3. The molecular weight excluding hydrogens is 248 g/mol. The lowest BCUT2D eigenvalue weighted by Gasteiger charge is -2.40. The number of rotatable bonds is 6. The molecule has 1 saturated carbocycles. The number of anilines is 1. The highest BCUT2D eigenvalue weighted by Crippen LogP contribution is 2.42. The summed E-state index contributed by atoms with van der Waals surface area (Å²) in [5.41, 5.74) is 0.985. The van der Waals surface area contributed by atoms with Crippen molar-refractivity contribution in [2.75, 3.05) is 25.2 Å². The average Bonchev–Trinajstić information content (AvgIpc) is 2.76. The van der Waals surface area contributed by atoms with E-state index in [1.54, 1.807) is 17.9 Å². The molecule has 0 aliphatic heterocycles. The Labute approximate surface area is 112 Å². The molecule has 5 nitrogen and oxygen atoms in total. The number of nitrogens with one attached hydrogen (secondary N) is 2. The SMILES string of the molecule is CNC(=O)Cn1cc(NCC2(SC)CCC2)cn1. The summed E-state index contributed by atoms with van der Waals surface area (Å²) >= 11 is 1.95. The van der Waals surface area contributed by atoms with Gasteiger partial charge in [0.15, 0.2) is 0 Å². The molecule has 0 spiro atoms. The molecule has 2 rings (SSSR count). The third-order valence-electron chi connectivity index (χ3n) is 3.53. The van der Waals surface area contributed by atoms with Crippen LogP contribution in [-0.4, -0.2) is 40.3 Å². The minimum Gasteiger partial charge on any atom is -0.381 e. The first-order chi connectivity index (χ1) is 8.67. The molecule has 0 unspecified atom stereocenters. The number of hydrogen-bond acceptors (Lipinski definition) is 4. The molecule has 2 N–H and O–H groups in total. The van der Waals surface area contributed by atoms with Crippen molar-refractivity contribution >= 4 is 23.4 Å². The van der Waals surface area contributed by atoms with E-state index in [1.165, 1.54) is 19.3 Å². The van der Waals surface area contributed by atoms with E-state index in [9.17, 15) is 4.79 Å². The fraction of sp³-hybridized carbons (Fsp3) is 0.667. The van der Waals surface area contributed by atoms with Gasteiger partial charge >= 0.3 is 0 Å². The zero-order valence-electron chi connectivity index (χ0n) is 10.9. The number of thioether (sulfide) groups is 1. The molecule has 1 aliphatic carbocycles. The van der Waals surface area contributed by atoms with Crippen molar-refractivity contribution in [3.8, 4) is 0 Å². The first-order valence-corrected chi connectivity index (χ1v) is 7.42. The second-order valence-corrected chi connectivity index (χ2v) is 5.97. The topological polar surface area (TPSA) is 59.0 Å². The summed E-state index contributed by atoms with van der Waals surface area (Å²) in [7, 11) is 1.63. The first-order valence-electron chi connectivity index (χ1n) is 6.19. The predicted octanol–water partition coefficient (Wildman–Crippen LogP) is 1.33. The van der Waals surface area contributed by atoms with Gasteiger partial charge in [-0.1, -0.05) is 6.42 Å². The molecule has 100 valence electrons. The minimum atomic E-state index is -0.0378. The Morgan fingerprint density at radius 1 is 1.61 bits per heavy atom. The number of carbonyl (C=O) groups excluding carboxylic acids is 1. The largest absolute Gasteiger partial charge is 0.381 e. The Kier molecular flexibility index (Phi) is 4.16. The molecule has 18 heavy (non-hydrogen) atoms. The molecule has 0 saturated heterocycles. The molecule has 1 aliphatic rings. The van der Waals surface area contributed by atoms with Gasteiger partial charge < -0.3 is 10.6 Å². The number of aromatic nitrogens is 2. The highest BCUT2D eigenvalue weighted by Gasteiger charge is 2.35. The lowest BCUT2D eigenvalue weighted by molar-refractivity contribution is -0.121. The van der Waals surface area contributed by atoms with E-state index in [4.69, 9.17) is 0 Å². The van der Waals surface area contributed by atoms with Crippen LogP contribution in [0.4, 0.5) is 5.69 Å². The Bertz CT molecular complexity index is 408. The van der Waals surface area contributed by atoms with Gasteiger partial charge in [-0.2, -0.15) is 16.9 Å². The minimum absolute atomic E-state index is 0.0378. The zero-order chi connectivity index (χ0) is 13.0. The summed E-state index contributed by atoms with van der Waals surface area (Å²) in [5, 5.41) is 10.2. The highest BCUT2D eigenvalue weighted by molar-refractivity contribution is 8.00. The molecule has 1 aromatic rings. The van der Waals surface area contributed by atoms with Crippen molar-refractivity contribution in [2.45, 2.75) is 30.6 Å². The maximum absolute atomic E-state index is 11.2. The highest BCUT2D eigenvalue weighted by atomic mass is 32.2. The van der Waals surface area contributed by atoms with Crippen molar-refractivity contribution in [3.63, 3.8) is 0 Å². The van der Waals surface area contributed by atoms with Gasteiger partial charge in [0.25, 0.3) is 0 Å². The van der Waals surface area contributed by atoms with Crippen LogP contribution in [0.5, 0.6) is 0 Å². The van der Waals surface area contributed by atoms with E-state index in [2.05, 4.69) is 22.0 Å². The van der Waals surface area contributed by atoms with Crippen molar-refractivity contribution in [1.29, 1.82) is 0 Å². The van der Waals surface area contributed by atoms with E-state index in [0.29, 0.717) is 4.75 Å². The number of carbonyl (C=O) groups is 1. The van der Waals surface area contributed by atoms with E-state index in [1.807, 2.05) is 18.0 Å². The number of hydrogen-bond donors (Lipinski definition) is 2. The molecule has 1 aromatic heterocycles. The molecule has 1 fully saturated rings. The van der Waals surface area contributed by atoms with Gasteiger partial charge in [0, 0.05) is 24.5 Å². The van der Waals surface area contributed by atoms with Gasteiger partial charge in [-0.15, -0.1) is 0 Å². The molecule has 1 amide bonds. The Morgan fingerprint density at radius 2 is 2.39 bits per heavy atom. The summed E-state index contributed by atoms with van der Waals surface area (Å²) in [5.74, 6) is -0.0378. The summed E-state index contributed by atoms with van der Waals surface area (Å²) in [6.07, 6.45) is 9.73. The Morgan fingerprint density at radius 3 is 2.94 bits per heavy atom. The monoisotopic (exact) mass is 268 g/mol. The molecule has 0 radical (unpaired) electrons. The van der Waals surface area contributed by atoms with Crippen LogP contribution < -0.4 is 10.6 Å². The number of likely N-dealkylation sites (N-methyl/N-ethyl adjacent to an activating group) is 1. The number of nitrogens with zero attached hydrogens (tertiary/aromatic N) is 2. The second kappa shape index (κ2) is 5.65. The van der Waals surface area contributed by atoms with Crippen LogP contribution in [0.1, 0.15) is 19.3 Å². The van der Waals surface area contributed by atoms with E-state index < -0.39 is 0 Å². The van der Waals surface area contributed by atoms with Crippen LogP contribution in [0, 0.1) is 0 Å². The quantitative estimate of drug-likeness (QED) is 0.817. The van der Waals surface area contributed by atoms with E-state index >= 15 is 0 Å². The van der Waals surface area contributed by atoms with E-state index in [0.717, 1.165) is 12.2 Å². The lowest BCUT2D eigenvalue weighted by atomic mass is 9.84. The van der Waals surface area contributed by atoms with Crippen molar-refractivity contribution in [2.24, 2.45) is 0 Å². The van der Waals surface area contributed by atoms with Crippen LogP contribution in [0.2, 0.25) is 0 Å². The fourth-order valence-corrected chi connectivity index (χ4v) is 2.97. The summed E-state index contributed by atoms with van der Waals surface area (Å²) in [6.45, 7) is 1.24. The summed E-state index contributed by atoms with van der Waals surface area (Å²) in [6, 6.07) is 0. The lowest BCUT2D eigenvalue weighted by Crippen LogP contribution is -2.40. The van der Waals surface area contributed by atoms with Gasteiger partial charge in [-0.25, -0.2) is 0 Å². The second-order valence-electron chi connectivity index (χ2n) is 4.69. The van der Waals surface area contributed by atoms with Crippen molar-refractivity contribution in [1.82, 2.24) is 15.1 Å². The molecule has 6 heteroatoms. The molecule has 0 aromatic carbocycles. The van der Waals surface area contributed by atoms with E-state index in [-0.39, 0.29) is 12.5 Å². The van der Waals surface area contributed by atoms with Gasteiger partial charge in [0.05, 0.1) is 11.9 Å². The van der Waals surface area contributed by atoms with Crippen molar-refractivity contribution < 1.29 is 4.79 Å². The molecule has 1 heterocycles. The smallest absolute Gasteiger partial charge is 0.241 e. The number of amides is 1. The molecule has 0 bridgehead atoms. The molecular formula is C12H20N4OS. The fourth-order valence-electron chi connectivity index (χ4n) is 2.05. The van der Waals surface area contributed by atoms with Crippen molar-refractivity contribution in [3.05, 3.63) is 12.4 Å². The zero-order valence-corrected chi connectivity index (χ0v) is 11.7. The van der Waals surface area contributed by atoms with Gasteiger partial charge in [0.2, 0.25) is 5.91 Å².